The van der Waals surface area contributed by atoms with E-state index in [4.69, 9.17) is 4.74 Å². The SMILES string of the molecule is CCCCCc1ccc(-c2ccc(OC(=O)C(C)CC)c(F)c2)cc1. The van der Waals surface area contributed by atoms with E-state index >= 15 is 0 Å². The number of unbranched alkanes of at least 4 members (excludes halogenated alkanes) is 2. The minimum absolute atomic E-state index is 0.00904. The maximum absolute atomic E-state index is 14.3. The van der Waals surface area contributed by atoms with Crippen molar-refractivity contribution in [2.24, 2.45) is 5.92 Å². The first-order chi connectivity index (χ1) is 12.0. The number of carbonyl (C=O) groups is 1. The lowest BCUT2D eigenvalue weighted by atomic mass is 10.0. The number of esters is 1. The molecular formula is C22H27FO2. The molecule has 0 aliphatic rings. The number of benzene rings is 2. The molecule has 0 heterocycles. The van der Waals surface area contributed by atoms with E-state index in [9.17, 15) is 9.18 Å². The third-order valence-electron chi connectivity index (χ3n) is 4.51. The highest BCUT2D eigenvalue weighted by Crippen LogP contribution is 2.27. The van der Waals surface area contributed by atoms with Gasteiger partial charge < -0.3 is 4.74 Å². The summed E-state index contributed by atoms with van der Waals surface area (Å²) in [5.74, 6) is -1.16. The average Bonchev–Trinajstić information content (AvgIpc) is 2.63. The quantitative estimate of drug-likeness (QED) is 0.325. The predicted molar refractivity (Wildman–Crippen MR) is 100 cm³/mol. The molecule has 2 nitrogen and oxygen atoms in total. The summed E-state index contributed by atoms with van der Waals surface area (Å²) in [4.78, 5) is 11.8. The van der Waals surface area contributed by atoms with E-state index < -0.39 is 11.8 Å². The van der Waals surface area contributed by atoms with Crippen molar-refractivity contribution in [1.82, 2.24) is 0 Å². The van der Waals surface area contributed by atoms with Gasteiger partial charge in [0, 0.05) is 0 Å². The minimum atomic E-state index is -0.513. The van der Waals surface area contributed by atoms with Crippen LogP contribution in [0.4, 0.5) is 4.39 Å². The highest BCUT2D eigenvalue weighted by Gasteiger charge is 2.16. The second kappa shape index (κ2) is 9.36. The van der Waals surface area contributed by atoms with E-state index in [0.29, 0.717) is 6.42 Å². The van der Waals surface area contributed by atoms with Crippen molar-refractivity contribution >= 4 is 5.97 Å². The van der Waals surface area contributed by atoms with E-state index in [2.05, 4.69) is 19.1 Å². The molecule has 0 radical (unpaired) electrons. The number of hydrogen-bond acceptors (Lipinski definition) is 2. The normalized spacial score (nSPS) is 12.0. The van der Waals surface area contributed by atoms with Crippen LogP contribution in [0.1, 0.15) is 52.0 Å². The highest BCUT2D eigenvalue weighted by molar-refractivity contribution is 5.75. The van der Waals surface area contributed by atoms with E-state index in [-0.39, 0.29) is 11.7 Å². The van der Waals surface area contributed by atoms with Crippen LogP contribution in [-0.4, -0.2) is 5.97 Å². The van der Waals surface area contributed by atoms with E-state index in [0.717, 1.165) is 17.5 Å². The van der Waals surface area contributed by atoms with Crippen molar-refractivity contribution in [3.8, 4) is 16.9 Å². The van der Waals surface area contributed by atoms with Gasteiger partial charge in [0.1, 0.15) is 0 Å². The molecule has 0 spiro atoms. The monoisotopic (exact) mass is 342 g/mol. The van der Waals surface area contributed by atoms with Crippen LogP contribution in [0.3, 0.4) is 0 Å². The first kappa shape index (κ1) is 19.2. The Labute approximate surface area is 150 Å². The molecule has 0 N–H and O–H groups in total. The summed E-state index contributed by atoms with van der Waals surface area (Å²) in [6, 6.07) is 13.0. The Morgan fingerprint density at radius 1 is 1.04 bits per heavy atom. The van der Waals surface area contributed by atoms with Gasteiger partial charge in [-0.15, -0.1) is 0 Å². The summed E-state index contributed by atoms with van der Waals surface area (Å²) in [6.45, 7) is 5.87. The van der Waals surface area contributed by atoms with Crippen LogP contribution in [0.25, 0.3) is 11.1 Å². The van der Waals surface area contributed by atoms with Gasteiger partial charge in [0.2, 0.25) is 0 Å². The Hall–Kier alpha value is -2.16. The zero-order valence-electron chi connectivity index (χ0n) is 15.3. The van der Waals surface area contributed by atoms with Gasteiger partial charge in [0.05, 0.1) is 5.92 Å². The van der Waals surface area contributed by atoms with Crippen molar-refractivity contribution in [2.75, 3.05) is 0 Å². The van der Waals surface area contributed by atoms with Crippen molar-refractivity contribution < 1.29 is 13.9 Å². The number of carbonyl (C=O) groups excluding carboxylic acids is 1. The summed E-state index contributed by atoms with van der Waals surface area (Å²) in [5.41, 5.74) is 3.04. The van der Waals surface area contributed by atoms with Crippen molar-refractivity contribution in [2.45, 2.75) is 52.9 Å². The van der Waals surface area contributed by atoms with Gasteiger partial charge in [-0.2, -0.15) is 0 Å². The molecule has 0 saturated heterocycles. The lowest BCUT2D eigenvalue weighted by molar-refractivity contribution is -0.138. The molecule has 3 heteroatoms. The fourth-order valence-electron chi connectivity index (χ4n) is 2.58. The standard InChI is InChI=1S/C22H27FO2/c1-4-6-7-8-17-9-11-18(12-10-17)19-13-14-21(20(23)15-19)25-22(24)16(3)5-2/h9-16H,4-8H2,1-3H3. The Bertz CT molecular complexity index is 692. The van der Waals surface area contributed by atoms with Crippen molar-refractivity contribution in [3.63, 3.8) is 0 Å². The fourth-order valence-corrected chi connectivity index (χ4v) is 2.58. The second-order valence-corrected chi connectivity index (χ2v) is 6.53. The maximum atomic E-state index is 14.3. The van der Waals surface area contributed by atoms with Crippen LogP contribution in [0.5, 0.6) is 5.75 Å². The molecule has 0 fully saturated rings. The largest absolute Gasteiger partial charge is 0.423 e. The van der Waals surface area contributed by atoms with Crippen LogP contribution < -0.4 is 4.74 Å². The van der Waals surface area contributed by atoms with E-state index in [1.807, 2.05) is 19.1 Å². The number of halogens is 1. The van der Waals surface area contributed by atoms with E-state index in [1.165, 1.54) is 37.0 Å². The molecule has 0 amide bonds. The lowest BCUT2D eigenvalue weighted by Gasteiger charge is -2.11. The molecule has 0 saturated carbocycles. The Morgan fingerprint density at radius 2 is 1.72 bits per heavy atom. The summed E-state index contributed by atoms with van der Waals surface area (Å²) in [5, 5.41) is 0. The van der Waals surface area contributed by atoms with Gasteiger partial charge >= 0.3 is 5.97 Å². The van der Waals surface area contributed by atoms with Gasteiger partial charge in [-0.1, -0.05) is 63.9 Å². The van der Waals surface area contributed by atoms with Crippen molar-refractivity contribution in [3.05, 3.63) is 53.8 Å². The van der Waals surface area contributed by atoms with Crippen LogP contribution in [0, 0.1) is 11.7 Å². The molecule has 2 rings (SSSR count). The Morgan fingerprint density at radius 3 is 2.32 bits per heavy atom. The molecule has 2 aromatic rings. The fraction of sp³-hybridized carbons (Fsp3) is 0.409. The van der Waals surface area contributed by atoms with Crippen LogP contribution in [0.15, 0.2) is 42.5 Å². The smallest absolute Gasteiger partial charge is 0.314 e. The summed E-state index contributed by atoms with van der Waals surface area (Å²) in [7, 11) is 0. The summed E-state index contributed by atoms with van der Waals surface area (Å²) >= 11 is 0. The summed E-state index contributed by atoms with van der Waals surface area (Å²) < 4.78 is 19.4. The first-order valence-electron chi connectivity index (χ1n) is 9.15. The molecule has 0 aromatic heterocycles. The van der Waals surface area contributed by atoms with Crippen LogP contribution in [0.2, 0.25) is 0 Å². The Balaban J connectivity index is 2.08. The average molecular weight is 342 g/mol. The van der Waals surface area contributed by atoms with Gasteiger partial charge in [0.25, 0.3) is 0 Å². The molecule has 0 bridgehead atoms. The third kappa shape index (κ3) is 5.42. The van der Waals surface area contributed by atoms with Crippen LogP contribution >= 0.6 is 0 Å². The molecule has 134 valence electrons. The molecule has 2 aromatic carbocycles. The van der Waals surface area contributed by atoms with Gasteiger partial charge in [-0.3, -0.25) is 4.79 Å². The number of hydrogen-bond donors (Lipinski definition) is 0. The lowest BCUT2D eigenvalue weighted by Crippen LogP contribution is -2.17. The zero-order valence-corrected chi connectivity index (χ0v) is 15.3. The van der Waals surface area contributed by atoms with Gasteiger partial charge in [-0.25, -0.2) is 4.39 Å². The van der Waals surface area contributed by atoms with Gasteiger partial charge in [0.15, 0.2) is 11.6 Å². The molecule has 0 aliphatic heterocycles. The second-order valence-electron chi connectivity index (χ2n) is 6.53. The number of rotatable bonds is 8. The Kier molecular flexibility index (Phi) is 7.17. The topological polar surface area (TPSA) is 26.3 Å². The summed E-state index contributed by atoms with van der Waals surface area (Å²) in [6.07, 6.45) is 5.39. The first-order valence-corrected chi connectivity index (χ1v) is 9.15. The van der Waals surface area contributed by atoms with E-state index in [1.54, 1.807) is 13.0 Å². The number of aryl methyl sites for hydroxylation is 1. The number of ether oxygens (including phenoxy) is 1. The molecule has 25 heavy (non-hydrogen) atoms. The third-order valence-corrected chi connectivity index (χ3v) is 4.51. The minimum Gasteiger partial charge on any atom is -0.423 e. The molecule has 1 unspecified atom stereocenters. The molecule has 1 atom stereocenters. The molecular weight excluding hydrogens is 315 g/mol. The van der Waals surface area contributed by atoms with Crippen LogP contribution in [-0.2, 0) is 11.2 Å². The van der Waals surface area contributed by atoms with Gasteiger partial charge in [-0.05, 0) is 48.1 Å². The zero-order chi connectivity index (χ0) is 18.2. The molecule has 0 aliphatic carbocycles. The highest BCUT2D eigenvalue weighted by atomic mass is 19.1. The van der Waals surface area contributed by atoms with Crippen molar-refractivity contribution in [1.29, 1.82) is 0 Å². The predicted octanol–water partition coefficient (Wildman–Crippen LogP) is 6.18. The maximum Gasteiger partial charge on any atom is 0.314 e.